The van der Waals surface area contributed by atoms with Crippen LogP contribution in [0.3, 0.4) is 0 Å². The normalized spacial score (nSPS) is 10.5. The molecule has 2 aromatic carbocycles. The zero-order chi connectivity index (χ0) is 19.2. The van der Waals surface area contributed by atoms with Crippen molar-refractivity contribution in [2.75, 3.05) is 5.32 Å². The fraction of sp³-hybridized carbons (Fsp3) is 0.227. The minimum absolute atomic E-state index is 0.208. The molecular weight excluding hydrogens is 336 g/mol. The highest BCUT2D eigenvalue weighted by atomic mass is 16.1. The zero-order valence-electron chi connectivity index (χ0n) is 15.9. The van der Waals surface area contributed by atoms with Crippen molar-refractivity contribution in [2.24, 2.45) is 0 Å². The molecule has 5 nitrogen and oxygen atoms in total. The number of nitrogens with zero attached hydrogens (tertiary/aromatic N) is 2. The van der Waals surface area contributed by atoms with Crippen LogP contribution in [-0.2, 0) is 13.1 Å². The summed E-state index contributed by atoms with van der Waals surface area (Å²) < 4.78 is 0. The highest BCUT2D eigenvalue weighted by Crippen LogP contribution is 2.11. The first-order valence-corrected chi connectivity index (χ1v) is 8.98. The number of anilines is 1. The molecular formula is C22H24N4O. The summed E-state index contributed by atoms with van der Waals surface area (Å²) in [5, 5.41) is 6.19. The fourth-order valence-corrected chi connectivity index (χ4v) is 2.77. The van der Waals surface area contributed by atoms with Crippen LogP contribution in [0.25, 0.3) is 0 Å². The molecule has 0 bridgehead atoms. The van der Waals surface area contributed by atoms with E-state index in [4.69, 9.17) is 0 Å². The van der Waals surface area contributed by atoms with Gasteiger partial charge in [-0.15, -0.1) is 0 Å². The van der Waals surface area contributed by atoms with Gasteiger partial charge in [-0.05, 0) is 31.9 Å². The van der Waals surface area contributed by atoms with Gasteiger partial charge < -0.3 is 10.6 Å². The predicted octanol–water partition coefficient (Wildman–Crippen LogP) is 3.94. The zero-order valence-corrected chi connectivity index (χ0v) is 15.9. The number of amides is 1. The summed E-state index contributed by atoms with van der Waals surface area (Å²) in [6.45, 7) is 6.99. The molecule has 0 saturated carbocycles. The van der Waals surface area contributed by atoms with Crippen molar-refractivity contribution < 1.29 is 4.79 Å². The molecule has 27 heavy (non-hydrogen) atoms. The molecule has 0 aliphatic heterocycles. The largest absolute Gasteiger partial charge is 0.366 e. The van der Waals surface area contributed by atoms with Crippen molar-refractivity contribution in [2.45, 2.75) is 33.9 Å². The summed E-state index contributed by atoms with van der Waals surface area (Å²) in [7, 11) is 0. The molecule has 2 N–H and O–H groups in total. The number of aryl methyl sites for hydroxylation is 3. The molecule has 5 heteroatoms. The van der Waals surface area contributed by atoms with E-state index in [1.165, 1.54) is 11.1 Å². The molecule has 0 aliphatic rings. The first-order valence-electron chi connectivity index (χ1n) is 8.98. The van der Waals surface area contributed by atoms with Gasteiger partial charge in [0.25, 0.3) is 5.91 Å². The van der Waals surface area contributed by atoms with Crippen LogP contribution in [0.1, 0.15) is 38.6 Å². The summed E-state index contributed by atoms with van der Waals surface area (Å²) in [6, 6.07) is 18.1. The molecule has 3 aromatic rings. The lowest BCUT2D eigenvalue weighted by Gasteiger charge is -2.10. The Kier molecular flexibility index (Phi) is 5.81. The number of hydrogen-bond acceptors (Lipinski definition) is 4. The molecule has 0 spiro atoms. The number of nitrogens with one attached hydrogen (secondary N) is 2. The van der Waals surface area contributed by atoms with E-state index < -0.39 is 0 Å². The van der Waals surface area contributed by atoms with Crippen LogP contribution in [0.5, 0.6) is 0 Å². The lowest BCUT2D eigenvalue weighted by molar-refractivity contribution is 0.0945. The second kappa shape index (κ2) is 8.45. The standard InChI is InChI=1S/C22H24N4O/c1-15-7-9-18(10-8-15)13-23-21-12-20(25-17(3)26-21)22(27)24-14-19-6-4-5-16(2)11-19/h4-12H,13-14H2,1-3H3,(H,24,27)(H,23,25,26). The van der Waals surface area contributed by atoms with Crippen LogP contribution in [0.4, 0.5) is 5.82 Å². The molecule has 1 amide bonds. The van der Waals surface area contributed by atoms with Crippen LogP contribution >= 0.6 is 0 Å². The van der Waals surface area contributed by atoms with Gasteiger partial charge in [-0.1, -0.05) is 59.7 Å². The quantitative estimate of drug-likeness (QED) is 0.699. The van der Waals surface area contributed by atoms with E-state index in [0.29, 0.717) is 30.4 Å². The monoisotopic (exact) mass is 360 g/mol. The van der Waals surface area contributed by atoms with Gasteiger partial charge in [0.15, 0.2) is 0 Å². The van der Waals surface area contributed by atoms with E-state index in [1.54, 1.807) is 13.0 Å². The van der Waals surface area contributed by atoms with E-state index in [1.807, 2.05) is 25.1 Å². The van der Waals surface area contributed by atoms with Gasteiger partial charge in [0.2, 0.25) is 0 Å². The predicted molar refractivity (Wildman–Crippen MR) is 108 cm³/mol. The van der Waals surface area contributed by atoms with Gasteiger partial charge in [-0.2, -0.15) is 0 Å². The van der Waals surface area contributed by atoms with Crippen molar-refractivity contribution in [3.8, 4) is 0 Å². The Hall–Kier alpha value is -3.21. The maximum absolute atomic E-state index is 12.5. The van der Waals surface area contributed by atoms with Crippen LogP contribution in [0.2, 0.25) is 0 Å². The Labute approximate surface area is 159 Å². The molecule has 0 radical (unpaired) electrons. The number of rotatable bonds is 6. The molecule has 0 fully saturated rings. The van der Waals surface area contributed by atoms with Crippen molar-refractivity contribution in [1.29, 1.82) is 0 Å². The number of aromatic nitrogens is 2. The maximum Gasteiger partial charge on any atom is 0.270 e. The Morgan fingerprint density at radius 2 is 1.63 bits per heavy atom. The number of carbonyl (C=O) groups excluding carboxylic acids is 1. The summed E-state index contributed by atoms with van der Waals surface area (Å²) >= 11 is 0. The number of benzene rings is 2. The van der Waals surface area contributed by atoms with Crippen molar-refractivity contribution in [3.05, 3.63) is 88.4 Å². The van der Waals surface area contributed by atoms with Gasteiger partial charge in [-0.3, -0.25) is 4.79 Å². The third kappa shape index (κ3) is 5.38. The summed E-state index contributed by atoms with van der Waals surface area (Å²) in [4.78, 5) is 21.1. The Morgan fingerprint density at radius 3 is 2.37 bits per heavy atom. The lowest BCUT2D eigenvalue weighted by atomic mass is 10.1. The first kappa shape index (κ1) is 18.6. The third-order valence-corrected chi connectivity index (χ3v) is 4.20. The van der Waals surface area contributed by atoms with E-state index in [-0.39, 0.29) is 5.91 Å². The lowest BCUT2D eigenvalue weighted by Crippen LogP contribution is -2.24. The van der Waals surface area contributed by atoms with Crippen molar-refractivity contribution in [3.63, 3.8) is 0 Å². The van der Waals surface area contributed by atoms with E-state index in [0.717, 1.165) is 11.1 Å². The smallest absolute Gasteiger partial charge is 0.270 e. The average molecular weight is 360 g/mol. The van der Waals surface area contributed by atoms with E-state index in [2.05, 4.69) is 57.9 Å². The highest BCUT2D eigenvalue weighted by Gasteiger charge is 2.10. The molecule has 3 rings (SSSR count). The van der Waals surface area contributed by atoms with Crippen molar-refractivity contribution in [1.82, 2.24) is 15.3 Å². The summed E-state index contributed by atoms with van der Waals surface area (Å²) in [6.07, 6.45) is 0. The molecule has 1 heterocycles. The summed E-state index contributed by atoms with van der Waals surface area (Å²) in [5.74, 6) is 0.994. The Balaban J connectivity index is 1.64. The molecule has 1 aromatic heterocycles. The third-order valence-electron chi connectivity index (χ3n) is 4.20. The van der Waals surface area contributed by atoms with Crippen molar-refractivity contribution >= 4 is 11.7 Å². The topological polar surface area (TPSA) is 66.9 Å². The Bertz CT molecular complexity index is 935. The highest BCUT2D eigenvalue weighted by molar-refractivity contribution is 5.92. The minimum atomic E-state index is -0.208. The second-order valence-electron chi connectivity index (χ2n) is 6.70. The molecule has 138 valence electrons. The Morgan fingerprint density at radius 1 is 0.852 bits per heavy atom. The van der Waals surface area contributed by atoms with Crippen LogP contribution in [-0.4, -0.2) is 15.9 Å². The molecule has 0 unspecified atom stereocenters. The fourth-order valence-electron chi connectivity index (χ4n) is 2.77. The van der Waals surface area contributed by atoms with Crippen LogP contribution in [0.15, 0.2) is 54.6 Å². The van der Waals surface area contributed by atoms with E-state index >= 15 is 0 Å². The summed E-state index contributed by atoms with van der Waals surface area (Å²) in [5.41, 5.74) is 4.97. The molecule has 0 aliphatic carbocycles. The van der Waals surface area contributed by atoms with Crippen LogP contribution < -0.4 is 10.6 Å². The second-order valence-corrected chi connectivity index (χ2v) is 6.70. The minimum Gasteiger partial charge on any atom is -0.366 e. The first-order chi connectivity index (χ1) is 13.0. The van der Waals surface area contributed by atoms with Gasteiger partial charge >= 0.3 is 0 Å². The maximum atomic E-state index is 12.5. The van der Waals surface area contributed by atoms with Gasteiger partial charge in [0.1, 0.15) is 17.3 Å². The van der Waals surface area contributed by atoms with Gasteiger partial charge in [0.05, 0.1) is 0 Å². The van der Waals surface area contributed by atoms with Gasteiger partial charge in [0, 0.05) is 19.2 Å². The molecule has 0 atom stereocenters. The average Bonchev–Trinajstić information content (AvgIpc) is 2.65. The number of carbonyl (C=O) groups is 1. The number of hydrogen-bond donors (Lipinski definition) is 2. The van der Waals surface area contributed by atoms with E-state index in [9.17, 15) is 4.79 Å². The van der Waals surface area contributed by atoms with Gasteiger partial charge in [-0.25, -0.2) is 9.97 Å². The van der Waals surface area contributed by atoms with Crippen LogP contribution in [0, 0.1) is 20.8 Å². The SMILES string of the molecule is Cc1ccc(CNc2cc(C(=O)NCc3cccc(C)c3)nc(C)n2)cc1. The molecule has 0 saturated heterocycles.